The molecule has 0 unspecified atom stereocenters. The number of para-hydroxylation sites is 1. The van der Waals surface area contributed by atoms with Crippen LogP contribution >= 0.6 is 0 Å². The third kappa shape index (κ3) is 5.07. The van der Waals surface area contributed by atoms with Crippen LogP contribution in [0.5, 0.6) is 17.2 Å². The zero-order valence-electron chi connectivity index (χ0n) is 16.5. The summed E-state index contributed by atoms with van der Waals surface area (Å²) in [5.74, 6) is 2.69. The summed E-state index contributed by atoms with van der Waals surface area (Å²) >= 11 is 0. The van der Waals surface area contributed by atoms with Gasteiger partial charge in [-0.2, -0.15) is 0 Å². The lowest BCUT2D eigenvalue weighted by molar-refractivity contribution is 0.207. The molecule has 0 aliphatic carbocycles. The van der Waals surface area contributed by atoms with Gasteiger partial charge in [0.25, 0.3) is 0 Å². The Balaban J connectivity index is 1.57. The van der Waals surface area contributed by atoms with E-state index in [0.717, 1.165) is 55.4 Å². The Hall–Kier alpha value is -2.40. The van der Waals surface area contributed by atoms with E-state index in [1.807, 2.05) is 31.2 Å². The van der Waals surface area contributed by atoms with Gasteiger partial charge in [0.2, 0.25) is 0 Å². The van der Waals surface area contributed by atoms with Crippen molar-refractivity contribution in [3.05, 3.63) is 48.0 Å². The highest BCUT2D eigenvalue weighted by atomic mass is 16.5. The molecule has 0 aromatic heterocycles. The van der Waals surface area contributed by atoms with Crippen LogP contribution in [0.3, 0.4) is 0 Å². The van der Waals surface area contributed by atoms with Crippen molar-refractivity contribution in [3.63, 3.8) is 0 Å². The maximum absolute atomic E-state index is 5.76. The van der Waals surface area contributed by atoms with Crippen molar-refractivity contribution in [2.24, 2.45) is 0 Å². The van der Waals surface area contributed by atoms with Gasteiger partial charge in [0, 0.05) is 37.3 Å². The van der Waals surface area contributed by atoms with Crippen molar-refractivity contribution in [2.75, 3.05) is 39.2 Å². The molecule has 0 radical (unpaired) electrons. The maximum atomic E-state index is 5.76. The summed E-state index contributed by atoms with van der Waals surface area (Å²) in [7, 11) is 3.38. The van der Waals surface area contributed by atoms with Crippen LogP contribution in [0, 0.1) is 0 Å². The topological polar surface area (TPSA) is 43.0 Å². The summed E-state index contributed by atoms with van der Waals surface area (Å²) in [6, 6.07) is 14.6. The average molecular weight is 370 g/mol. The summed E-state index contributed by atoms with van der Waals surface area (Å²) in [6.07, 6.45) is 2.19. The molecule has 1 aliphatic heterocycles. The first-order valence-corrected chi connectivity index (χ1v) is 9.65. The number of ether oxygens (including phenoxy) is 3. The first-order chi connectivity index (χ1) is 13.2. The lowest BCUT2D eigenvalue weighted by Crippen LogP contribution is -2.38. The molecule has 0 amide bonds. The Morgan fingerprint density at radius 3 is 2.48 bits per heavy atom. The van der Waals surface area contributed by atoms with E-state index in [-0.39, 0.29) is 0 Å². The average Bonchev–Trinajstić information content (AvgIpc) is 2.71. The van der Waals surface area contributed by atoms with Crippen molar-refractivity contribution >= 4 is 5.69 Å². The molecule has 0 spiro atoms. The second kappa shape index (κ2) is 9.51. The summed E-state index contributed by atoms with van der Waals surface area (Å²) in [6.45, 7) is 5.78. The molecule has 5 nitrogen and oxygen atoms in total. The van der Waals surface area contributed by atoms with Gasteiger partial charge in [-0.1, -0.05) is 18.2 Å². The monoisotopic (exact) mass is 370 g/mol. The maximum Gasteiger partial charge on any atom is 0.142 e. The normalized spacial score (nSPS) is 15.4. The van der Waals surface area contributed by atoms with Gasteiger partial charge in [-0.25, -0.2) is 0 Å². The van der Waals surface area contributed by atoms with Crippen LogP contribution in [-0.2, 0) is 6.54 Å². The van der Waals surface area contributed by atoms with Gasteiger partial charge >= 0.3 is 0 Å². The van der Waals surface area contributed by atoms with E-state index in [2.05, 4.69) is 28.4 Å². The molecule has 0 bridgehead atoms. The van der Waals surface area contributed by atoms with E-state index in [1.54, 1.807) is 14.2 Å². The first kappa shape index (κ1) is 19.4. The molecule has 1 N–H and O–H groups in total. The number of methoxy groups -OCH3 is 2. The SMILES string of the molecule is CCOc1ccccc1CN1CCC(Nc2cc(OC)ccc2OC)CC1. The third-order valence-electron chi connectivity index (χ3n) is 5.02. The third-order valence-corrected chi connectivity index (χ3v) is 5.02. The summed E-state index contributed by atoms with van der Waals surface area (Å²) in [5, 5.41) is 3.63. The molecule has 2 aromatic rings. The number of hydrogen-bond acceptors (Lipinski definition) is 5. The van der Waals surface area contributed by atoms with Gasteiger partial charge in [-0.3, -0.25) is 4.90 Å². The highest BCUT2D eigenvalue weighted by Gasteiger charge is 2.21. The minimum absolute atomic E-state index is 0.435. The zero-order chi connectivity index (χ0) is 19.1. The number of anilines is 1. The van der Waals surface area contributed by atoms with E-state index in [1.165, 1.54) is 5.56 Å². The molecule has 1 saturated heterocycles. The molecule has 1 heterocycles. The van der Waals surface area contributed by atoms with Crippen LogP contribution in [0.4, 0.5) is 5.69 Å². The van der Waals surface area contributed by atoms with E-state index in [4.69, 9.17) is 14.2 Å². The van der Waals surface area contributed by atoms with E-state index < -0.39 is 0 Å². The lowest BCUT2D eigenvalue weighted by Gasteiger charge is -2.33. The predicted octanol–water partition coefficient (Wildman–Crippen LogP) is 4.18. The van der Waals surface area contributed by atoms with E-state index in [9.17, 15) is 0 Å². The van der Waals surface area contributed by atoms with Gasteiger partial charge in [-0.15, -0.1) is 0 Å². The van der Waals surface area contributed by atoms with Crippen molar-refractivity contribution in [1.82, 2.24) is 4.90 Å². The summed E-state index contributed by atoms with van der Waals surface area (Å²) < 4.78 is 16.6. The number of nitrogens with zero attached hydrogens (tertiary/aromatic N) is 1. The van der Waals surface area contributed by atoms with Gasteiger partial charge in [0.1, 0.15) is 17.2 Å². The second-order valence-electron chi connectivity index (χ2n) is 6.80. The number of likely N-dealkylation sites (tertiary alicyclic amines) is 1. The van der Waals surface area contributed by atoms with Crippen LogP contribution in [0.1, 0.15) is 25.3 Å². The molecule has 1 aliphatic rings. The first-order valence-electron chi connectivity index (χ1n) is 9.65. The fourth-order valence-corrected chi connectivity index (χ4v) is 3.55. The van der Waals surface area contributed by atoms with Crippen LogP contribution in [0.2, 0.25) is 0 Å². The number of rotatable bonds is 8. The second-order valence-corrected chi connectivity index (χ2v) is 6.80. The molecule has 0 atom stereocenters. The van der Waals surface area contributed by atoms with Gasteiger partial charge in [-0.05, 0) is 38.0 Å². The Morgan fingerprint density at radius 1 is 1.00 bits per heavy atom. The van der Waals surface area contributed by atoms with Crippen molar-refractivity contribution < 1.29 is 14.2 Å². The van der Waals surface area contributed by atoms with Crippen LogP contribution in [0.15, 0.2) is 42.5 Å². The Labute approximate surface area is 162 Å². The zero-order valence-corrected chi connectivity index (χ0v) is 16.5. The molecule has 0 saturated carbocycles. The number of hydrogen-bond donors (Lipinski definition) is 1. The Bertz CT molecular complexity index is 727. The summed E-state index contributed by atoms with van der Waals surface area (Å²) in [5.41, 5.74) is 2.26. The Kier molecular flexibility index (Phi) is 6.82. The number of nitrogens with one attached hydrogen (secondary N) is 1. The van der Waals surface area contributed by atoms with Crippen LogP contribution in [0.25, 0.3) is 0 Å². The van der Waals surface area contributed by atoms with Gasteiger partial charge < -0.3 is 19.5 Å². The molecule has 2 aromatic carbocycles. The van der Waals surface area contributed by atoms with Crippen molar-refractivity contribution in [1.29, 1.82) is 0 Å². The Morgan fingerprint density at radius 2 is 1.78 bits per heavy atom. The number of benzene rings is 2. The molecule has 1 fully saturated rings. The highest BCUT2D eigenvalue weighted by molar-refractivity contribution is 5.60. The van der Waals surface area contributed by atoms with E-state index >= 15 is 0 Å². The quantitative estimate of drug-likeness (QED) is 0.755. The van der Waals surface area contributed by atoms with Crippen molar-refractivity contribution in [2.45, 2.75) is 32.4 Å². The molecule has 5 heteroatoms. The van der Waals surface area contributed by atoms with E-state index in [0.29, 0.717) is 12.6 Å². The standard InChI is InChI=1S/C22H30N2O3/c1-4-27-21-8-6-5-7-17(21)16-24-13-11-18(12-14-24)23-20-15-19(25-2)9-10-22(20)26-3/h5-10,15,18,23H,4,11-14,16H2,1-3H3. The molecule has 3 rings (SSSR count). The molecule has 27 heavy (non-hydrogen) atoms. The smallest absolute Gasteiger partial charge is 0.142 e. The largest absolute Gasteiger partial charge is 0.497 e. The van der Waals surface area contributed by atoms with Crippen LogP contribution < -0.4 is 19.5 Å². The minimum atomic E-state index is 0.435. The fourth-order valence-electron chi connectivity index (χ4n) is 3.55. The molecular weight excluding hydrogens is 340 g/mol. The van der Waals surface area contributed by atoms with Crippen molar-refractivity contribution in [3.8, 4) is 17.2 Å². The molecule has 146 valence electrons. The fraction of sp³-hybridized carbons (Fsp3) is 0.455. The van der Waals surface area contributed by atoms with Gasteiger partial charge in [0.15, 0.2) is 0 Å². The summed E-state index contributed by atoms with van der Waals surface area (Å²) in [4.78, 5) is 2.50. The minimum Gasteiger partial charge on any atom is -0.497 e. The lowest BCUT2D eigenvalue weighted by atomic mass is 10.0. The van der Waals surface area contributed by atoms with Gasteiger partial charge in [0.05, 0.1) is 26.5 Å². The number of piperidine rings is 1. The van der Waals surface area contributed by atoms with Crippen LogP contribution in [-0.4, -0.2) is 44.9 Å². The highest BCUT2D eigenvalue weighted by Crippen LogP contribution is 2.31. The molecular formula is C22H30N2O3. The predicted molar refractivity (Wildman–Crippen MR) is 109 cm³/mol.